The summed E-state index contributed by atoms with van der Waals surface area (Å²) in [5.41, 5.74) is 6.64. The Morgan fingerprint density at radius 1 is 1.03 bits per heavy atom. The standard InChI is InChI=1S/C21H21N3O5S/c1-28-18-9-4-10-19(29-2)17(18)12-14-6-3-8-16(21(22)25)20(14)30(26,27)24-15-7-5-11-23-13-15/h3-11,13,24H,12H2,1-2H3,(H2,22,25). The van der Waals surface area contributed by atoms with Gasteiger partial charge in [-0.05, 0) is 35.9 Å². The van der Waals surface area contributed by atoms with Gasteiger partial charge in [0.2, 0.25) is 5.91 Å². The van der Waals surface area contributed by atoms with Crippen molar-refractivity contribution in [1.29, 1.82) is 0 Å². The number of hydrogen-bond donors (Lipinski definition) is 2. The molecule has 0 radical (unpaired) electrons. The van der Waals surface area contributed by atoms with Gasteiger partial charge in [-0.25, -0.2) is 8.42 Å². The molecule has 30 heavy (non-hydrogen) atoms. The van der Waals surface area contributed by atoms with E-state index in [1.807, 2.05) is 0 Å². The molecule has 2 aromatic carbocycles. The number of nitrogens with two attached hydrogens (primary N) is 1. The van der Waals surface area contributed by atoms with Gasteiger partial charge < -0.3 is 15.2 Å². The smallest absolute Gasteiger partial charge is 0.263 e. The molecule has 9 heteroatoms. The van der Waals surface area contributed by atoms with Crippen molar-refractivity contribution in [2.45, 2.75) is 11.3 Å². The van der Waals surface area contributed by atoms with E-state index in [0.717, 1.165) is 0 Å². The second-order valence-corrected chi connectivity index (χ2v) is 7.94. The average molecular weight is 427 g/mol. The number of rotatable bonds is 8. The summed E-state index contributed by atoms with van der Waals surface area (Å²) in [5, 5.41) is 0. The summed E-state index contributed by atoms with van der Waals surface area (Å²) in [5.74, 6) is 0.209. The number of amides is 1. The van der Waals surface area contributed by atoms with Gasteiger partial charge in [0.1, 0.15) is 16.4 Å². The highest BCUT2D eigenvalue weighted by atomic mass is 32.2. The number of carbonyl (C=O) groups is 1. The van der Waals surface area contributed by atoms with Crippen LogP contribution < -0.4 is 19.9 Å². The Hall–Kier alpha value is -3.59. The van der Waals surface area contributed by atoms with Crippen LogP contribution in [-0.2, 0) is 16.4 Å². The van der Waals surface area contributed by atoms with Crippen LogP contribution in [-0.4, -0.2) is 33.5 Å². The molecule has 156 valence electrons. The molecule has 3 aromatic rings. The number of methoxy groups -OCH3 is 2. The number of primary amides is 1. The number of aromatic nitrogens is 1. The van der Waals surface area contributed by atoms with Crippen molar-refractivity contribution in [3.63, 3.8) is 0 Å². The number of hydrogen-bond acceptors (Lipinski definition) is 6. The van der Waals surface area contributed by atoms with E-state index in [1.54, 1.807) is 42.5 Å². The Bertz CT molecular complexity index is 1140. The summed E-state index contributed by atoms with van der Waals surface area (Å²) < 4.78 is 39.8. The van der Waals surface area contributed by atoms with Gasteiger partial charge >= 0.3 is 0 Å². The summed E-state index contributed by atoms with van der Waals surface area (Å²) in [6.07, 6.45) is 3.03. The topological polar surface area (TPSA) is 121 Å². The number of sulfonamides is 1. The minimum absolute atomic E-state index is 0.113. The predicted molar refractivity (Wildman–Crippen MR) is 112 cm³/mol. The minimum atomic E-state index is -4.15. The molecule has 1 heterocycles. The zero-order valence-electron chi connectivity index (χ0n) is 16.5. The Kier molecular flexibility index (Phi) is 6.22. The third-order valence-corrected chi connectivity index (χ3v) is 5.97. The van der Waals surface area contributed by atoms with E-state index in [-0.39, 0.29) is 22.6 Å². The van der Waals surface area contributed by atoms with Crippen LogP contribution in [0.25, 0.3) is 0 Å². The third kappa shape index (κ3) is 4.36. The third-order valence-electron chi connectivity index (χ3n) is 4.44. The highest BCUT2D eigenvalue weighted by Crippen LogP contribution is 2.33. The van der Waals surface area contributed by atoms with E-state index in [9.17, 15) is 13.2 Å². The summed E-state index contributed by atoms with van der Waals surface area (Å²) in [4.78, 5) is 15.7. The summed E-state index contributed by atoms with van der Waals surface area (Å²) in [7, 11) is -1.12. The van der Waals surface area contributed by atoms with Crippen LogP contribution in [0.1, 0.15) is 21.5 Å². The number of benzene rings is 2. The molecule has 1 amide bonds. The molecule has 0 unspecified atom stereocenters. The van der Waals surface area contributed by atoms with Crippen LogP contribution in [0, 0.1) is 0 Å². The summed E-state index contributed by atoms with van der Waals surface area (Å²) in [6, 6.07) is 13.0. The van der Waals surface area contributed by atoms with Gasteiger partial charge in [-0.15, -0.1) is 0 Å². The van der Waals surface area contributed by atoms with Gasteiger partial charge in [0.25, 0.3) is 10.0 Å². The largest absolute Gasteiger partial charge is 0.496 e. The van der Waals surface area contributed by atoms with Crippen molar-refractivity contribution in [1.82, 2.24) is 4.98 Å². The van der Waals surface area contributed by atoms with Crippen LogP contribution in [0.4, 0.5) is 5.69 Å². The molecule has 0 saturated heterocycles. The fourth-order valence-corrected chi connectivity index (χ4v) is 4.63. The molecule has 8 nitrogen and oxygen atoms in total. The second-order valence-electron chi connectivity index (χ2n) is 6.32. The number of anilines is 1. The van der Waals surface area contributed by atoms with Gasteiger partial charge in [0, 0.05) is 18.2 Å². The van der Waals surface area contributed by atoms with Crippen molar-refractivity contribution in [2.24, 2.45) is 5.73 Å². The highest BCUT2D eigenvalue weighted by molar-refractivity contribution is 7.92. The van der Waals surface area contributed by atoms with Crippen molar-refractivity contribution in [3.05, 3.63) is 77.6 Å². The maximum absolute atomic E-state index is 13.2. The van der Waals surface area contributed by atoms with E-state index >= 15 is 0 Å². The molecule has 0 aliphatic heterocycles. The predicted octanol–water partition coefficient (Wildman–Crippen LogP) is 2.59. The monoisotopic (exact) mass is 427 g/mol. The number of nitrogens with one attached hydrogen (secondary N) is 1. The molecule has 0 bridgehead atoms. The first kappa shape index (κ1) is 21.1. The second kappa shape index (κ2) is 8.83. The number of ether oxygens (including phenoxy) is 2. The first-order valence-corrected chi connectivity index (χ1v) is 10.4. The Balaban J connectivity index is 2.16. The lowest BCUT2D eigenvalue weighted by molar-refractivity contribution is 0.0997. The molecule has 0 aliphatic carbocycles. The lowest BCUT2D eigenvalue weighted by Gasteiger charge is -2.17. The molecular formula is C21H21N3O5S. The number of nitrogens with zero attached hydrogens (tertiary/aromatic N) is 1. The lowest BCUT2D eigenvalue weighted by atomic mass is 10.0. The number of carbonyl (C=O) groups excluding carboxylic acids is 1. The lowest BCUT2D eigenvalue weighted by Crippen LogP contribution is -2.22. The van der Waals surface area contributed by atoms with Crippen molar-refractivity contribution in [3.8, 4) is 11.5 Å². The first-order valence-electron chi connectivity index (χ1n) is 8.91. The molecule has 3 rings (SSSR count). The van der Waals surface area contributed by atoms with E-state index in [4.69, 9.17) is 15.2 Å². The van der Waals surface area contributed by atoms with Crippen LogP contribution in [0.3, 0.4) is 0 Å². The molecule has 3 N–H and O–H groups in total. The van der Waals surface area contributed by atoms with E-state index < -0.39 is 15.9 Å². The maximum atomic E-state index is 13.2. The van der Waals surface area contributed by atoms with Gasteiger partial charge in [-0.2, -0.15) is 0 Å². The van der Waals surface area contributed by atoms with Crippen LogP contribution in [0.5, 0.6) is 11.5 Å². The van der Waals surface area contributed by atoms with Crippen molar-refractivity contribution < 1.29 is 22.7 Å². The molecule has 1 aromatic heterocycles. The fourth-order valence-electron chi connectivity index (χ4n) is 3.16. The molecule has 0 atom stereocenters. The van der Waals surface area contributed by atoms with E-state index in [0.29, 0.717) is 22.6 Å². The van der Waals surface area contributed by atoms with Crippen LogP contribution in [0.2, 0.25) is 0 Å². The normalized spacial score (nSPS) is 11.0. The highest BCUT2D eigenvalue weighted by Gasteiger charge is 2.26. The van der Waals surface area contributed by atoms with Gasteiger partial charge in [0.05, 0.1) is 31.7 Å². The molecule has 0 saturated carbocycles. The Morgan fingerprint density at radius 3 is 2.27 bits per heavy atom. The molecule has 0 aliphatic rings. The zero-order chi connectivity index (χ0) is 21.7. The Labute approximate surface area is 174 Å². The first-order chi connectivity index (χ1) is 14.4. The van der Waals surface area contributed by atoms with Gasteiger partial charge in [0.15, 0.2) is 0 Å². The van der Waals surface area contributed by atoms with Crippen LogP contribution >= 0.6 is 0 Å². The SMILES string of the molecule is COc1cccc(OC)c1Cc1cccc(C(N)=O)c1S(=O)(=O)Nc1cccnc1. The molecule has 0 spiro atoms. The summed E-state index contributed by atoms with van der Waals surface area (Å²) >= 11 is 0. The van der Waals surface area contributed by atoms with Crippen molar-refractivity contribution in [2.75, 3.05) is 18.9 Å². The van der Waals surface area contributed by atoms with E-state index in [2.05, 4.69) is 9.71 Å². The molecule has 0 fully saturated rings. The maximum Gasteiger partial charge on any atom is 0.263 e. The Morgan fingerprint density at radius 2 is 1.70 bits per heavy atom. The van der Waals surface area contributed by atoms with Gasteiger partial charge in [-0.3, -0.25) is 14.5 Å². The van der Waals surface area contributed by atoms with Crippen LogP contribution in [0.15, 0.2) is 65.8 Å². The zero-order valence-corrected chi connectivity index (χ0v) is 17.3. The number of pyridine rings is 1. The fraction of sp³-hybridized carbons (Fsp3) is 0.143. The molecular weight excluding hydrogens is 406 g/mol. The van der Waals surface area contributed by atoms with Gasteiger partial charge in [-0.1, -0.05) is 18.2 Å². The quantitative estimate of drug-likeness (QED) is 0.570. The average Bonchev–Trinajstić information content (AvgIpc) is 2.74. The summed E-state index contributed by atoms with van der Waals surface area (Å²) in [6.45, 7) is 0. The van der Waals surface area contributed by atoms with E-state index in [1.165, 1.54) is 32.7 Å². The minimum Gasteiger partial charge on any atom is -0.496 e. The van der Waals surface area contributed by atoms with Crippen molar-refractivity contribution >= 4 is 21.6 Å².